The summed E-state index contributed by atoms with van der Waals surface area (Å²) in [6, 6.07) is 17.4. The standard InChI is InChI=1S/C25H33N3O2.CO2/c1-18(2)29-23-15-13-21(14-16-23)7-6-8-24-26-25(30-19(3)4)28(27-24)17-22-11-9-20(5)10-12-22;2-1-3/h9-16,18-19H,6-8,17H2,1-5H3;. The van der Waals surface area contributed by atoms with E-state index in [1.165, 1.54) is 16.7 Å². The summed E-state index contributed by atoms with van der Waals surface area (Å²) >= 11 is 0. The van der Waals surface area contributed by atoms with E-state index in [1.54, 1.807) is 0 Å². The Labute approximate surface area is 195 Å². The van der Waals surface area contributed by atoms with Gasteiger partial charge in [-0.25, -0.2) is 4.68 Å². The van der Waals surface area contributed by atoms with E-state index >= 15 is 0 Å². The highest BCUT2D eigenvalue weighted by molar-refractivity contribution is 5.27. The number of nitrogens with zero attached hydrogens (tertiary/aromatic N) is 3. The highest BCUT2D eigenvalue weighted by Crippen LogP contribution is 2.17. The second-order valence-corrected chi connectivity index (χ2v) is 8.37. The second-order valence-electron chi connectivity index (χ2n) is 8.37. The maximum Gasteiger partial charge on any atom is 0.373 e. The fourth-order valence-electron chi connectivity index (χ4n) is 3.20. The summed E-state index contributed by atoms with van der Waals surface area (Å²) in [5.74, 6) is 1.75. The minimum Gasteiger partial charge on any atom is -0.491 e. The SMILES string of the molecule is Cc1ccc(Cn2nc(CCCc3ccc(OC(C)C)cc3)nc2OC(C)C)cc1.O=C=O. The molecule has 0 spiro atoms. The van der Waals surface area contributed by atoms with Gasteiger partial charge in [-0.3, -0.25) is 0 Å². The Balaban J connectivity index is 0.00000122. The lowest BCUT2D eigenvalue weighted by molar-refractivity contribution is -0.191. The van der Waals surface area contributed by atoms with E-state index in [2.05, 4.69) is 48.3 Å². The molecule has 1 aromatic heterocycles. The van der Waals surface area contributed by atoms with Crippen molar-refractivity contribution in [2.45, 2.75) is 72.6 Å². The normalized spacial score (nSPS) is 10.5. The van der Waals surface area contributed by atoms with Crippen molar-refractivity contribution in [3.63, 3.8) is 0 Å². The smallest absolute Gasteiger partial charge is 0.373 e. The van der Waals surface area contributed by atoms with E-state index in [0.717, 1.165) is 30.8 Å². The molecular formula is C26H33N3O4. The molecule has 7 nitrogen and oxygen atoms in total. The van der Waals surface area contributed by atoms with Crippen molar-refractivity contribution in [1.82, 2.24) is 14.8 Å². The molecule has 0 bridgehead atoms. The summed E-state index contributed by atoms with van der Waals surface area (Å²) in [6.45, 7) is 10.9. The number of hydrogen-bond acceptors (Lipinski definition) is 6. The largest absolute Gasteiger partial charge is 0.491 e. The van der Waals surface area contributed by atoms with E-state index < -0.39 is 0 Å². The van der Waals surface area contributed by atoms with Crippen LogP contribution in [0.5, 0.6) is 11.8 Å². The van der Waals surface area contributed by atoms with Crippen LogP contribution in [-0.2, 0) is 29.0 Å². The third kappa shape index (κ3) is 9.29. The lowest BCUT2D eigenvalue weighted by Gasteiger charge is -2.10. The van der Waals surface area contributed by atoms with Crippen LogP contribution in [-0.4, -0.2) is 33.1 Å². The van der Waals surface area contributed by atoms with Crippen LogP contribution in [0.3, 0.4) is 0 Å². The average molecular weight is 452 g/mol. The molecule has 0 unspecified atom stereocenters. The zero-order valence-corrected chi connectivity index (χ0v) is 20.1. The molecule has 2 aromatic carbocycles. The van der Waals surface area contributed by atoms with Crippen LogP contribution in [0.1, 0.15) is 56.6 Å². The highest BCUT2D eigenvalue weighted by Gasteiger charge is 2.13. The number of carbonyl (C=O) groups excluding carboxylic acids is 2. The number of aromatic nitrogens is 3. The minimum atomic E-state index is 0.0605. The number of rotatable bonds is 10. The van der Waals surface area contributed by atoms with Crippen molar-refractivity contribution in [1.29, 1.82) is 0 Å². The predicted octanol–water partition coefficient (Wildman–Crippen LogP) is 4.80. The van der Waals surface area contributed by atoms with Gasteiger partial charge in [0.25, 0.3) is 0 Å². The van der Waals surface area contributed by atoms with Gasteiger partial charge >= 0.3 is 12.2 Å². The Hall–Kier alpha value is -3.44. The third-order valence-electron chi connectivity index (χ3n) is 4.64. The van der Waals surface area contributed by atoms with E-state index in [4.69, 9.17) is 24.2 Å². The summed E-state index contributed by atoms with van der Waals surface area (Å²) in [6.07, 6.45) is 3.29. The van der Waals surface area contributed by atoms with Gasteiger partial charge in [0, 0.05) is 6.42 Å². The van der Waals surface area contributed by atoms with Crippen molar-refractivity contribution in [3.05, 3.63) is 71.0 Å². The Morgan fingerprint density at radius 3 is 2.00 bits per heavy atom. The van der Waals surface area contributed by atoms with Crippen LogP contribution in [0.25, 0.3) is 0 Å². The van der Waals surface area contributed by atoms with Crippen LogP contribution in [0.2, 0.25) is 0 Å². The number of aryl methyl sites for hydroxylation is 3. The maximum atomic E-state index is 8.12. The Morgan fingerprint density at radius 2 is 1.42 bits per heavy atom. The molecule has 33 heavy (non-hydrogen) atoms. The van der Waals surface area contributed by atoms with Crippen molar-refractivity contribution >= 4 is 6.15 Å². The number of ether oxygens (including phenoxy) is 2. The number of benzene rings is 2. The fourth-order valence-corrected chi connectivity index (χ4v) is 3.20. The van der Waals surface area contributed by atoms with E-state index in [9.17, 15) is 0 Å². The van der Waals surface area contributed by atoms with E-state index in [1.807, 2.05) is 44.5 Å². The van der Waals surface area contributed by atoms with E-state index in [0.29, 0.717) is 12.6 Å². The second kappa shape index (κ2) is 13.2. The maximum absolute atomic E-state index is 8.12. The predicted molar refractivity (Wildman–Crippen MR) is 125 cm³/mol. The zero-order valence-electron chi connectivity index (χ0n) is 20.1. The molecule has 7 heteroatoms. The molecule has 0 fully saturated rings. The molecule has 3 rings (SSSR count). The molecule has 0 aliphatic rings. The van der Waals surface area contributed by atoms with Gasteiger partial charge in [0.05, 0.1) is 18.8 Å². The molecule has 3 aromatic rings. The summed E-state index contributed by atoms with van der Waals surface area (Å²) in [5.41, 5.74) is 3.73. The first-order valence-electron chi connectivity index (χ1n) is 11.2. The van der Waals surface area contributed by atoms with Crippen LogP contribution >= 0.6 is 0 Å². The van der Waals surface area contributed by atoms with Gasteiger partial charge in [-0.15, -0.1) is 0 Å². The van der Waals surface area contributed by atoms with Gasteiger partial charge in [0.1, 0.15) is 5.75 Å². The lowest BCUT2D eigenvalue weighted by Crippen LogP contribution is -2.12. The topological polar surface area (TPSA) is 83.3 Å². The Bertz CT molecular complexity index is 1000. The fraction of sp³-hybridized carbons (Fsp3) is 0.423. The van der Waals surface area contributed by atoms with Crippen LogP contribution < -0.4 is 9.47 Å². The highest BCUT2D eigenvalue weighted by atomic mass is 16.5. The van der Waals surface area contributed by atoms with Gasteiger partial charge in [0.15, 0.2) is 5.82 Å². The third-order valence-corrected chi connectivity index (χ3v) is 4.64. The molecule has 176 valence electrons. The first-order chi connectivity index (χ1) is 15.8. The Morgan fingerprint density at radius 1 is 0.848 bits per heavy atom. The minimum absolute atomic E-state index is 0.0605. The summed E-state index contributed by atoms with van der Waals surface area (Å²) in [4.78, 5) is 20.9. The summed E-state index contributed by atoms with van der Waals surface area (Å²) < 4.78 is 13.5. The molecule has 0 aliphatic heterocycles. The molecule has 0 atom stereocenters. The molecule has 0 radical (unpaired) electrons. The van der Waals surface area contributed by atoms with Gasteiger partial charge in [-0.2, -0.15) is 19.7 Å². The first kappa shape index (κ1) is 25.8. The van der Waals surface area contributed by atoms with E-state index in [-0.39, 0.29) is 18.4 Å². The van der Waals surface area contributed by atoms with Crippen LogP contribution in [0.4, 0.5) is 0 Å². The molecule has 0 saturated heterocycles. The van der Waals surface area contributed by atoms with Gasteiger partial charge in [-0.1, -0.05) is 42.0 Å². The molecular weight excluding hydrogens is 418 g/mol. The van der Waals surface area contributed by atoms with Gasteiger partial charge in [-0.05, 0) is 70.7 Å². The Kier molecular flexibility index (Phi) is 10.3. The zero-order chi connectivity index (χ0) is 24.2. The van der Waals surface area contributed by atoms with Crippen molar-refractivity contribution < 1.29 is 19.1 Å². The van der Waals surface area contributed by atoms with Crippen LogP contribution in [0, 0.1) is 6.92 Å². The summed E-state index contributed by atoms with van der Waals surface area (Å²) in [5, 5.41) is 4.72. The van der Waals surface area contributed by atoms with Crippen molar-refractivity contribution in [2.24, 2.45) is 0 Å². The molecule has 0 aliphatic carbocycles. The molecule has 0 saturated carbocycles. The molecule has 0 amide bonds. The first-order valence-corrected chi connectivity index (χ1v) is 11.2. The number of hydrogen-bond donors (Lipinski definition) is 0. The van der Waals surface area contributed by atoms with Crippen molar-refractivity contribution in [2.75, 3.05) is 0 Å². The monoisotopic (exact) mass is 451 g/mol. The quantitative estimate of drug-likeness (QED) is 0.440. The lowest BCUT2D eigenvalue weighted by atomic mass is 10.1. The summed E-state index contributed by atoms with van der Waals surface area (Å²) in [7, 11) is 0. The average Bonchev–Trinajstić information content (AvgIpc) is 3.11. The van der Waals surface area contributed by atoms with Crippen molar-refractivity contribution in [3.8, 4) is 11.8 Å². The molecule has 0 N–H and O–H groups in total. The molecule has 1 heterocycles. The van der Waals surface area contributed by atoms with Crippen LogP contribution in [0.15, 0.2) is 48.5 Å². The van der Waals surface area contributed by atoms with Gasteiger partial charge < -0.3 is 9.47 Å². The van der Waals surface area contributed by atoms with Gasteiger partial charge in [0.2, 0.25) is 0 Å².